The van der Waals surface area contributed by atoms with Crippen molar-refractivity contribution >= 4 is 23.1 Å². The molecule has 2 aliphatic rings. The van der Waals surface area contributed by atoms with Crippen LogP contribution >= 0.6 is 11.6 Å². The minimum Gasteiger partial charge on any atom is -0.409 e. The molecule has 0 unspecified atom stereocenters. The summed E-state index contributed by atoms with van der Waals surface area (Å²) in [6.45, 7) is 1.02. The van der Waals surface area contributed by atoms with Crippen LogP contribution in [0.1, 0.15) is 44.1 Å². The summed E-state index contributed by atoms with van der Waals surface area (Å²) in [6, 6.07) is 6.16. The molecule has 0 spiro atoms. The predicted octanol–water partition coefficient (Wildman–Crippen LogP) is 3.59. The summed E-state index contributed by atoms with van der Waals surface area (Å²) in [5, 5.41) is 12.9. The van der Waals surface area contributed by atoms with Crippen LogP contribution in [0.15, 0.2) is 23.4 Å². The number of amidine groups is 1. The van der Waals surface area contributed by atoms with E-state index in [0.29, 0.717) is 11.1 Å². The number of benzene rings is 1. The number of anilines is 1. The first kappa shape index (κ1) is 14.5. The highest BCUT2D eigenvalue weighted by atomic mass is 35.5. The molecule has 3 rings (SSSR count). The molecule has 1 aromatic carbocycles. The average Bonchev–Trinajstić information content (AvgIpc) is 2.53. The molecule has 1 heterocycles. The van der Waals surface area contributed by atoms with Crippen LogP contribution < -0.4 is 10.6 Å². The van der Waals surface area contributed by atoms with Crippen LogP contribution in [0, 0.1) is 5.92 Å². The van der Waals surface area contributed by atoms with Crippen molar-refractivity contribution in [3.8, 4) is 0 Å². The van der Waals surface area contributed by atoms with Crippen LogP contribution in [0.3, 0.4) is 0 Å². The van der Waals surface area contributed by atoms with Crippen molar-refractivity contribution in [1.82, 2.24) is 0 Å². The highest BCUT2D eigenvalue weighted by molar-refractivity contribution is 6.31. The van der Waals surface area contributed by atoms with E-state index in [1.807, 2.05) is 12.1 Å². The van der Waals surface area contributed by atoms with E-state index in [0.717, 1.165) is 23.7 Å². The van der Waals surface area contributed by atoms with Crippen molar-refractivity contribution in [3.05, 3.63) is 28.8 Å². The van der Waals surface area contributed by atoms with E-state index in [1.165, 1.54) is 38.5 Å². The average molecular weight is 308 g/mol. The Hall–Kier alpha value is -1.42. The molecule has 0 amide bonds. The van der Waals surface area contributed by atoms with Gasteiger partial charge in [0, 0.05) is 28.9 Å². The molecule has 1 aliphatic heterocycles. The first-order valence-corrected chi connectivity index (χ1v) is 8.12. The Kier molecular flexibility index (Phi) is 4.24. The summed E-state index contributed by atoms with van der Waals surface area (Å²) in [5.41, 5.74) is 7.63. The van der Waals surface area contributed by atoms with Crippen LogP contribution in [-0.2, 0) is 0 Å². The van der Waals surface area contributed by atoms with Crippen LogP contribution in [0.25, 0.3) is 0 Å². The lowest BCUT2D eigenvalue weighted by Crippen LogP contribution is -2.47. The van der Waals surface area contributed by atoms with Gasteiger partial charge in [0.1, 0.15) is 0 Å². The topological polar surface area (TPSA) is 61.9 Å². The van der Waals surface area contributed by atoms with Crippen molar-refractivity contribution < 1.29 is 5.21 Å². The molecule has 0 aromatic heterocycles. The molecule has 0 bridgehead atoms. The van der Waals surface area contributed by atoms with E-state index < -0.39 is 0 Å². The third kappa shape index (κ3) is 2.82. The Morgan fingerprint density at radius 3 is 2.81 bits per heavy atom. The molecule has 3 N–H and O–H groups in total. The Morgan fingerprint density at radius 1 is 1.24 bits per heavy atom. The highest BCUT2D eigenvalue weighted by Crippen LogP contribution is 2.39. The quantitative estimate of drug-likeness (QED) is 0.380. The minimum absolute atomic E-state index is 0.152. The van der Waals surface area contributed by atoms with E-state index >= 15 is 0 Å². The standard InChI is InChI=1S/C16H22ClN3O/c17-12-7-8-13(16(18)19-21)15(10-12)20-9-3-5-11-4-1-2-6-14(11)20/h7-8,10-11,14,21H,1-6,9H2,(H2,18,19)/t11-,14-/m1/s1. The number of piperidine rings is 1. The van der Waals surface area contributed by atoms with Gasteiger partial charge in [-0.15, -0.1) is 0 Å². The lowest BCUT2D eigenvalue weighted by molar-refractivity contribution is 0.244. The van der Waals surface area contributed by atoms with E-state index in [4.69, 9.17) is 22.5 Å². The number of hydrogen-bond donors (Lipinski definition) is 2. The van der Waals surface area contributed by atoms with Gasteiger partial charge in [0.05, 0.1) is 0 Å². The zero-order chi connectivity index (χ0) is 14.8. The number of nitrogens with zero attached hydrogens (tertiary/aromatic N) is 2. The fraction of sp³-hybridized carbons (Fsp3) is 0.562. The molecule has 1 saturated heterocycles. The lowest BCUT2D eigenvalue weighted by atomic mass is 9.78. The Bertz CT molecular complexity index is 544. The van der Waals surface area contributed by atoms with E-state index in [9.17, 15) is 0 Å². The Morgan fingerprint density at radius 2 is 2.00 bits per heavy atom. The fourth-order valence-corrected chi connectivity index (χ4v) is 4.10. The zero-order valence-corrected chi connectivity index (χ0v) is 12.9. The SMILES string of the molecule is N/C(=N/O)c1ccc(Cl)cc1N1CCC[C@H]2CCCC[C@H]21. The van der Waals surface area contributed by atoms with Gasteiger partial charge < -0.3 is 15.8 Å². The van der Waals surface area contributed by atoms with E-state index in [1.54, 1.807) is 6.07 Å². The third-order valence-electron chi connectivity index (χ3n) is 4.90. The van der Waals surface area contributed by atoms with Gasteiger partial charge in [0.2, 0.25) is 0 Å². The smallest absolute Gasteiger partial charge is 0.172 e. The molecule has 5 heteroatoms. The number of hydrogen-bond acceptors (Lipinski definition) is 3. The molecule has 1 aromatic rings. The first-order chi connectivity index (χ1) is 10.2. The van der Waals surface area contributed by atoms with Gasteiger partial charge in [-0.05, 0) is 49.8 Å². The maximum absolute atomic E-state index is 9.02. The van der Waals surface area contributed by atoms with Crippen molar-refractivity contribution in [2.45, 2.75) is 44.6 Å². The van der Waals surface area contributed by atoms with Gasteiger partial charge in [-0.2, -0.15) is 0 Å². The van der Waals surface area contributed by atoms with Crippen LogP contribution in [0.4, 0.5) is 5.69 Å². The van der Waals surface area contributed by atoms with Gasteiger partial charge in [-0.1, -0.05) is 29.6 Å². The second kappa shape index (κ2) is 6.14. The Labute approximate surface area is 130 Å². The first-order valence-electron chi connectivity index (χ1n) is 7.75. The summed E-state index contributed by atoms with van der Waals surface area (Å²) in [6.07, 6.45) is 7.70. The Balaban J connectivity index is 1.99. The van der Waals surface area contributed by atoms with Gasteiger partial charge in [-0.3, -0.25) is 0 Å². The minimum atomic E-state index is 0.152. The molecule has 1 aliphatic carbocycles. The summed E-state index contributed by atoms with van der Waals surface area (Å²) < 4.78 is 0. The van der Waals surface area contributed by atoms with Crippen molar-refractivity contribution in [3.63, 3.8) is 0 Å². The number of halogens is 1. The van der Waals surface area contributed by atoms with Crippen LogP contribution in [0.2, 0.25) is 5.02 Å². The molecular formula is C16H22ClN3O. The number of oxime groups is 1. The maximum atomic E-state index is 9.02. The second-order valence-corrected chi connectivity index (χ2v) is 6.53. The number of fused-ring (bicyclic) bond motifs is 1. The van der Waals surface area contributed by atoms with Crippen molar-refractivity contribution in [2.75, 3.05) is 11.4 Å². The normalized spacial score (nSPS) is 26.5. The highest BCUT2D eigenvalue weighted by Gasteiger charge is 2.34. The fourth-order valence-electron chi connectivity index (χ4n) is 3.94. The molecule has 0 radical (unpaired) electrons. The molecule has 4 nitrogen and oxygen atoms in total. The second-order valence-electron chi connectivity index (χ2n) is 6.09. The van der Waals surface area contributed by atoms with Gasteiger partial charge in [-0.25, -0.2) is 0 Å². The number of rotatable bonds is 2. The summed E-state index contributed by atoms with van der Waals surface area (Å²) in [7, 11) is 0. The van der Waals surface area contributed by atoms with Crippen molar-refractivity contribution in [2.24, 2.45) is 16.8 Å². The molecule has 2 atom stereocenters. The lowest BCUT2D eigenvalue weighted by Gasteiger charge is -2.46. The predicted molar refractivity (Wildman–Crippen MR) is 86.3 cm³/mol. The molecule has 2 fully saturated rings. The molecular weight excluding hydrogens is 286 g/mol. The summed E-state index contributed by atoms with van der Waals surface area (Å²) in [5.74, 6) is 0.922. The maximum Gasteiger partial charge on any atom is 0.172 e. The van der Waals surface area contributed by atoms with Gasteiger partial charge in [0.15, 0.2) is 5.84 Å². The van der Waals surface area contributed by atoms with Crippen LogP contribution in [-0.4, -0.2) is 23.6 Å². The van der Waals surface area contributed by atoms with E-state index in [-0.39, 0.29) is 5.84 Å². The third-order valence-corrected chi connectivity index (χ3v) is 5.13. The summed E-state index contributed by atoms with van der Waals surface area (Å²) in [4.78, 5) is 2.44. The van der Waals surface area contributed by atoms with Gasteiger partial charge >= 0.3 is 0 Å². The molecule has 1 saturated carbocycles. The van der Waals surface area contributed by atoms with Crippen molar-refractivity contribution in [1.29, 1.82) is 0 Å². The summed E-state index contributed by atoms with van der Waals surface area (Å²) >= 11 is 6.19. The largest absolute Gasteiger partial charge is 0.409 e. The van der Waals surface area contributed by atoms with Crippen LogP contribution in [0.5, 0.6) is 0 Å². The molecule has 114 valence electrons. The molecule has 21 heavy (non-hydrogen) atoms. The monoisotopic (exact) mass is 307 g/mol. The number of nitrogens with two attached hydrogens (primary N) is 1. The zero-order valence-electron chi connectivity index (χ0n) is 12.1. The van der Waals surface area contributed by atoms with E-state index in [2.05, 4.69) is 10.1 Å². The van der Waals surface area contributed by atoms with Gasteiger partial charge in [0.25, 0.3) is 0 Å².